The molecule has 1 amide bonds. The van der Waals surface area contributed by atoms with Crippen molar-refractivity contribution in [2.45, 2.75) is 45.9 Å². The molecule has 5 heteroatoms. The first kappa shape index (κ1) is 18.1. The second kappa shape index (κ2) is 9.95. The number of nitrogens with one attached hydrogen (secondary N) is 1. The van der Waals surface area contributed by atoms with Gasteiger partial charge in [-0.05, 0) is 27.7 Å². The first-order valence-electron chi connectivity index (χ1n) is 6.55. The normalized spacial score (nSPS) is 15.6. The average molecular weight is 273 g/mol. The zero-order chi connectivity index (χ0) is 14.8. The van der Waals surface area contributed by atoms with Crippen LogP contribution in [0.1, 0.15) is 27.7 Å². The quantitative estimate of drug-likeness (QED) is 0.613. The molecular formula is C14H27NO4. The molecule has 0 aliphatic rings. The van der Waals surface area contributed by atoms with Crippen molar-refractivity contribution in [3.8, 4) is 0 Å². The summed E-state index contributed by atoms with van der Waals surface area (Å²) in [4.78, 5) is 11.4. The van der Waals surface area contributed by atoms with Crippen molar-refractivity contribution in [1.29, 1.82) is 0 Å². The molecule has 0 aromatic carbocycles. The molecule has 0 radical (unpaired) electrons. The van der Waals surface area contributed by atoms with Crippen LogP contribution < -0.4 is 5.32 Å². The Balaban J connectivity index is 3.74. The van der Waals surface area contributed by atoms with Crippen molar-refractivity contribution in [3.05, 3.63) is 12.2 Å². The van der Waals surface area contributed by atoms with Crippen molar-refractivity contribution in [3.63, 3.8) is 0 Å². The van der Waals surface area contributed by atoms with Gasteiger partial charge in [0.25, 0.3) is 0 Å². The number of hydrogen-bond acceptors (Lipinski definition) is 4. The third-order valence-corrected chi connectivity index (χ3v) is 2.41. The van der Waals surface area contributed by atoms with Crippen LogP contribution in [-0.2, 0) is 19.0 Å². The molecule has 0 aromatic rings. The van der Waals surface area contributed by atoms with Crippen molar-refractivity contribution in [1.82, 2.24) is 5.32 Å². The number of amides is 1. The summed E-state index contributed by atoms with van der Waals surface area (Å²) >= 11 is 0. The van der Waals surface area contributed by atoms with Gasteiger partial charge in [-0.15, -0.1) is 0 Å². The van der Waals surface area contributed by atoms with Crippen LogP contribution in [0.2, 0.25) is 0 Å². The summed E-state index contributed by atoms with van der Waals surface area (Å²) in [6.07, 6.45) is 0.0278. The lowest BCUT2D eigenvalue weighted by molar-refractivity contribution is -0.118. The molecule has 0 rings (SSSR count). The summed E-state index contributed by atoms with van der Waals surface area (Å²) in [5, 5.41) is 2.80. The third-order valence-electron chi connectivity index (χ3n) is 2.41. The van der Waals surface area contributed by atoms with Crippen molar-refractivity contribution >= 4 is 5.91 Å². The standard InChI is InChI=1S/C14H27NO4/c1-10(2)14(16)15-11(3)7-18-13(5)9-19-12(4)8-17-6/h11-13H,1,7-9H2,2-6H3,(H,15,16). The van der Waals surface area contributed by atoms with Crippen LogP contribution in [0.5, 0.6) is 0 Å². The van der Waals surface area contributed by atoms with E-state index in [0.717, 1.165) is 0 Å². The van der Waals surface area contributed by atoms with Gasteiger partial charge in [-0.2, -0.15) is 0 Å². The summed E-state index contributed by atoms with van der Waals surface area (Å²) in [7, 11) is 1.64. The highest BCUT2D eigenvalue weighted by Gasteiger charge is 2.11. The fourth-order valence-electron chi connectivity index (χ4n) is 1.33. The van der Waals surface area contributed by atoms with Gasteiger partial charge in [-0.3, -0.25) is 4.79 Å². The SMILES string of the molecule is C=C(C)C(=O)NC(C)COC(C)COC(C)COC. The molecule has 3 atom stereocenters. The van der Waals surface area contributed by atoms with Gasteiger partial charge in [0.1, 0.15) is 0 Å². The zero-order valence-electron chi connectivity index (χ0n) is 12.7. The molecule has 19 heavy (non-hydrogen) atoms. The Morgan fingerprint density at radius 3 is 2.16 bits per heavy atom. The molecule has 0 spiro atoms. The summed E-state index contributed by atoms with van der Waals surface area (Å²) in [5.41, 5.74) is 0.497. The van der Waals surface area contributed by atoms with Gasteiger partial charge in [-0.25, -0.2) is 0 Å². The van der Waals surface area contributed by atoms with E-state index in [0.29, 0.717) is 25.4 Å². The molecule has 0 aromatic heterocycles. The van der Waals surface area contributed by atoms with Crippen LogP contribution in [0.25, 0.3) is 0 Å². The van der Waals surface area contributed by atoms with Crippen molar-refractivity contribution in [2.75, 3.05) is 26.9 Å². The minimum Gasteiger partial charge on any atom is -0.382 e. The maximum atomic E-state index is 11.4. The van der Waals surface area contributed by atoms with E-state index >= 15 is 0 Å². The third kappa shape index (κ3) is 9.64. The second-order valence-corrected chi connectivity index (χ2v) is 4.90. The van der Waals surface area contributed by atoms with Gasteiger partial charge in [0.05, 0.1) is 32.0 Å². The minimum absolute atomic E-state index is 0.0245. The summed E-state index contributed by atoms with van der Waals surface area (Å²) in [6, 6.07) is -0.0527. The number of ether oxygens (including phenoxy) is 3. The van der Waals surface area contributed by atoms with Gasteiger partial charge in [-0.1, -0.05) is 6.58 Å². The van der Waals surface area contributed by atoms with Crippen molar-refractivity contribution < 1.29 is 19.0 Å². The second-order valence-electron chi connectivity index (χ2n) is 4.90. The molecular weight excluding hydrogens is 246 g/mol. The van der Waals surface area contributed by atoms with Crippen LogP contribution >= 0.6 is 0 Å². The van der Waals surface area contributed by atoms with E-state index < -0.39 is 0 Å². The predicted molar refractivity (Wildman–Crippen MR) is 75.1 cm³/mol. The Morgan fingerprint density at radius 1 is 1.11 bits per heavy atom. The van der Waals surface area contributed by atoms with Gasteiger partial charge < -0.3 is 19.5 Å². The van der Waals surface area contributed by atoms with Crippen LogP contribution in [0.3, 0.4) is 0 Å². The molecule has 0 fully saturated rings. The summed E-state index contributed by atoms with van der Waals surface area (Å²) in [6.45, 7) is 12.6. The van der Waals surface area contributed by atoms with Gasteiger partial charge in [0, 0.05) is 18.7 Å². The maximum absolute atomic E-state index is 11.4. The first-order chi connectivity index (χ1) is 8.86. The maximum Gasteiger partial charge on any atom is 0.246 e. The van der Waals surface area contributed by atoms with Gasteiger partial charge >= 0.3 is 0 Å². The number of hydrogen-bond donors (Lipinski definition) is 1. The van der Waals surface area contributed by atoms with E-state index in [4.69, 9.17) is 14.2 Å². The highest BCUT2D eigenvalue weighted by Crippen LogP contribution is 1.99. The van der Waals surface area contributed by atoms with Crippen LogP contribution in [0.15, 0.2) is 12.2 Å². The van der Waals surface area contributed by atoms with E-state index in [1.54, 1.807) is 14.0 Å². The molecule has 0 saturated heterocycles. The van der Waals surface area contributed by atoms with E-state index in [2.05, 4.69) is 11.9 Å². The number of rotatable bonds is 10. The van der Waals surface area contributed by atoms with Gasteiger partial charge in [0.15, 0.2) is 0 Å². The molecule has 112 valence electrons. The molecule has 0 heterocycles. The Labute approximate surface area is 116 Å². The van der Waals surface area contributed by atoms with Crippen LogP contribution in [0.4, 0.5) is 0 Å². The lowest BCUT2D eigenvalue weighted by Gasteiger charge is -2.20. The van der Waals surface area contributed by atoms with E-state index in [1.165, 1.54) is 0 Å². The number of methoxy groups -OCH3 is 1. The zero-order valence-corrected chi connectivity index (χ0v) is 12.7. The van der Waals surface area contributed by atoms with Gasteiger partial charge in [0.2, 0.25) is 5.91 Å². The monoisotopic (exact) mass is 273 g/mol. The lowest BCUT2D eigenvalue weighted by Crippen LogP contribution is -2.37. The Morgan fingerprint density at radius 2 is 1.63 bits per heavy atom. The molecule has 0 aliphatic carbocycles. The first-order valence-corrected chi connectivity index (χ1v) is 6.55. The minimum atomic E-state index is -0.145. The number of carbonyl (C=O) groups excluding carboxylic acids is 1. The highest BCUT2D eigenvalue weighted by molar-refractivity contribution is 5.92. The fourth-order valence-corrected chi connectivity index (χ4v) is 1.33. The van der Waals surface area contributed by atoms with Crippen molar-refractivity contribution in [2.24, 2.45) is 0 Å². The van der Waals surface area contributed by atoms with E-state index in [9.17, 15) is 4.79 Å². The molecule has 0 bridgehead atoms. The van der Waals surface area contributed by atoms with E-state index in [-0.39, 0.29) is 24.2 Å². The molecule has 5 nitrogen and oxygen atoms in total. The predicted octanol–water partition coefficient (Wildman–Crippen LogP) is 1.52. The van der Waals surface area contributed by atoms with Crippen LogP contribution in [-0.4, -0.2) is 51.1 Å². The average Bonchev–Trinajstić information content (AvgIpc) is 2.34. The largest absolute Gasteiger partial charge is 0.382 e. The Bertz CT molecular complexity index is 281. The Hall–Kier alpha value is -0.910. The topological polar surface area (TPSA) is 56.8 Å². The smallest absolute Gasteiger partial charge is 0.246 e. The molecule has 3 unspecified atom stereocenters. The molecule has 1 N–H and O–H groups in total. The highest BCUT2D eigenvalue weighted by atomic mass is 16.6. The Kier molecular flexibility index (Phi) is 9.47. The molecule has 0 aliphatic heterocycles. The molecule has 0 saturated carbocycles. The summed E-state index contributed by atoms with van der Waals surface area (Å²) in [5.74, 6) is -0.145. The summed E-state index contributed by atoms with van der Waals surface area (Å²) < 4.78 is 16.1. The van der Waals surface area contributed by atoms with Crippen LogP contribution in [0, 0.1) is 0 Å². The number of carbonyl (C=O) groups is 1. The fraction of sp³-hybridized carbons (Fsp3) is 0.786. The van der Waals surface area contributed by atoms with E-state index in [1.807, 2.05) is 20.8 Å². The lowest BCUT2D eigenvalue weighted by atomic mass is 10.3.